The first-order chi connectivity index (χ1) is 16.6. The third-order valence-electron chi connectivity index (χ3n) is 5.39. The molecule has 0 aliphatic heterocycles. The molecule has 3 aromatic rings. The fraction of sp³-hybridized carbons (Fsp3) is 0.143. The molecule has 0 bridgehead atoms. The lowest BCUT2D eigenvalue weighted by molar-refractivity contribution is -0.124. The van der Waals surface area contributed by atoms with Gasteiger partial charge in [0.05, 0.1) is 6.61 Å². The number of carbonyl (C=O) groups excluding carboxylic acids is 2. The van der Waals surface area contributed by atoms with Crippen LogP contribution in [0, 0.1) is 5.92 Å². The lowest BCUT2D eigenvalue weighted by Crippen LogP contribution is -2.14. The Kier molecular flexibility index (Phi) is 7.53. The first kappa shape index (κ1) is 23.0. The van der Waals surface area contributed by atoms with Gasteiger partial charge in [-0.05, 0) is 71.9 Å². The van der Waals surface area contributed by atoms with Crippen LogP contribution in [0.3, 0.4) is 0 Å². The molecule has 2 amide bonds. The van der Waals surface area contributed by atoms with Crippen molar-refractivity contribution in [3.8, 4) is 5.75 Å². The molecule has 0 radical (unpaired) electrons. The van der Waals surface area contributed by atoms with Crippen molar-refractivity contribution >= 4 is 35.2 Å². The van der Waals surface area contributed by atoms with Gasteiger partial charge in [0.1, 0.15) is 5.75 Å². The standard InChI is InChI=1S/C28H26N2O4/c31-27(30-33)16-15-20-9-11-21(12-10-20)17-26(28(32)29-24-6-2-1-3-7-24)23-5-4-8-25(18-23)34-19-22-13-14-22/h1-12,15-18,22,33H,13-14,19H2,(H,29,32)(H,30,31). The molecule has 1 saturated carbocycles. The number of hydroxylamine groups is 1. The average molecular weight is 455 g/mol. The van der Waals surface area contributed by atoms with E-state index in [1.165, 1.54) is 18.9 Å². The molecular weight excluding hydrogens is 428 g/mol. The number of nitrogens with one attached hydrogen (secondary N) is 2. The van der Waals surface area contributed by atoms with Crippen LogP contribution in [0.25, 0.3) is 17.7 Å². The van der Waals surface area contributed by atoms with E-state index in [1.807, 2.05) is 84.9 Å². The predicted molar refractivity (Wildman–Crippen MR) is 133 cm³/mol. The average Bonchev–Trinajstić information content (AvgIpc) is 3.70. The Balaban J connectivity index is 1.61. The number of benzene rings is 3. The Morgan fingerprint density at radius 3 is 2.38 bits per heavy atom. The molecule has 172 valence electrons. The Labute approximate surface area is 198 Å². The zero-order valence-electron chi connectivity index (χ0n) is 18.6. The summed E-state index contributed by atoms with van der Waals surface area (Å²) in [6, 6.07) is 24.3. The summed E-state index contributed by atoms with van der Waals surface area (Å²) >= 11 is 0. The van der Waals surface area contributed by atoms with Gasteiger partial charge in [-0.2, -0.15) is 0 Å². The van der Waals surface area contributed by atoms with Crippen molar-refractivity contribution in [1.29, 1.82) is 0 Å². The fourth-order valence-electron chi connectivity index (χ4n) is 3.33. The maximum Gasteiger partial charge on any atom is 0.267 e. The fourth-order valence-corrected chi connectivity index (χ4v) is 3.33. The Bertz CT molecular complexity index is 1200. The van der Waals surface area contributed by atoms with E-state index in [1.54, 1.807) is 11.6 Å². The van der Waals surface area contributed by atoms with Crippen molar-refractivity contribution in [1.82, 2.24) is 5.48 Å². The third-order valence-corrected chi connectivity index (χ3v) is 5.39. The van der Waals surface area contributed by atoms with Gasteiger partial charge in [-0.15, -0.1) is 0 Å². The summed E-state index contributed by atoms with van der Waals surface area (Å²) in [7, 11) is 0. The van der Waals surface area contributed by atoms with E-state index >= 15 is 0 Å². The maximum absolute atomic E-state index is 13.3. The van der Waals surface area contributed by atoms with Gasteiger partial charge >= 0.3 is 0 Å². The molecule has 0 heterocycles. The number of rotatable bonds is 9. The van der Waals surface area contributed by atoms with Gasteiger partial charge in [0.2, 0.25) is 0 Å². The van der Waals surface area contributed by atoms with Gasteiger partial charge in [0.15, 0.2) is 0 Å². The van der Waals surface area contributed by atoms with Crippen LogP contribution in [-0.4, -0.2) is 23.6 Å². The van der Waals surface area contributed by atoms with Crippen LogP contribution in [-0.2, 0) is 9.59 Å². The summed E-state index contributed by atoms with van der Waals surface area (Å²) in [5.41, 5.74) is 5.13. The van der Waals surface area contributed by atoms with E-state index in [0.717, 1.165) is 22.4 Å². The molecular formula is C28H26N2O4. The largest absolute Gasteiger partial charge is 0.493 e. The normalized spacial score (nSPS) is 13.5. The van der Waals surface area contributed by atoms with Gasteiger partial charge in [-0.3, -0.25) is 14.8 Å². The molecule has 3 aromatic carbocycles. The van der Waals surface area contributed by atoms with Gasteiger partial charge in [-0.25, -0.2) is 5.48 Å². The first-order valence-corrected chi connectivity index (χ1v) is 11.1. The van der Waals surface area contributed by atoms with Gasteiger partial charge in [0.25, 0.3) is 11.8 Å². The van der Waals surface area contributed by atoms with Crippen LogP contribution >= 0.6 is 0 Å². The van der Waals surface area contributed by atoms with Crippen LogP contribution in [0.4, 0.5) is 5.69 Å². The quantitative estimate of drug-likeness (QED) is 0.180. The highest BCUT2D eigenvalue weighted by atomic mass is 16.5. The van der Waals surface area contributed by atoms with Crippen molar-refractivity contribution in [3.63, 3.8) is 0 Å². The van der Waals surface area contributed by atoms with E-state index in [-0.39, 0.29) is 5.91 Å². The van der Waals surface area contributed by atoms with E-state index < -0.39 is 5.91 Å². The summed E-state index contributed by atoms with van der Waals surface area (Å²) in [5.74, 6) is 0.545. The van der Waals surface area contributed by atoms with Crippen LogP contribution in [0.1, 0.15) is 29.5 Å². The van der Waals surface area contributed by atoms with Crippen molar-refractivity contribution < 1.29 is 19.5 Å². The minimum atomic E-state index is -0.604. The molecule has 1 aliphatic rings. The van der Waals surface area contributed by atoms with Crippen molar-refractivity contribution in [2.45, 2.75) is 12.8 Å². The summed E-state index contributed by atoms with van der Waals surface area (Å²) in [6.45, 7) is 0.696. The van der Waals surface area contributed by atoms with Crippen molar-refractivity contribution in [2.24, 2.45) is 5.92 Å². The molecule has 0 atom stereocenters. The van der Waals surface area contributed by atoms with Crippen LogP contribution in [0.2, 0.25) is 0 Å². The van der Waals surface area contributed by atoms with E-state index in [2.05, 4.69) is 5.32 Å². The maximum atomic E-state index is 13.3. The molecule has 6 heteroatoms. The van der Waals surface area contributed by atoms with Crippen molar-refractivity contribution in [2.75, 3.05) is 11.9 Å². The van der Waals surface area contributed by atoms with E-state index in [4.69, 9.17) is 9.94 Å². The SMILES string of the molecule is O=C(C=Cc1ccc(C=C(C(=O)Nc2ccccc2)c2cccc(OCC3CC3)c2)cc1)NO. The monoisotopic (exact) mass is 454 g/mol. The van der Waals surface area contributed by atoms with Gasteiger partial charge in [-0.1, -0.05) is 54.6 Å². The zero-order valence-corrected chi connectivity index (χ0v) is 18.6. The molecule has 0 saturated heterocycles. The van der Waals surface area contributed by atoms with Gasteiger partial charge in [0, 0.05) is 17.3 Å². The topological polar surface area (TPSA) is 87.7 Å². The molecule has 3 N–H and O–H groups in total. The Morgan fingerprint density at radius 1 is 0.941 bits per heavy atom. The Hall–Kier alpha value is -4.16. The number of para-hydroxylation sites is 1. The lowest BCUT2D eigenvalue weighted by atomic mass is 10.0. The molecule has 1 fully saturated rings. The van der Waals surface area contributed by atoms with Gasteiger partial charge < -0.3 is 10.1 Å². The number of anilines is 1. The molecule has 6 nitrogen and oxygen atoms in total. The van der Waals surface area contributed by atoms with Crippen molar-refractivity contribution in [3.05, 3.63) is 102 Å². The van der Waals surface area contributed by atoms with Crippen LogP contribution in [0.5, 0.6) is 5.75 Å². The smallest absolute Gasteiger partial charge is 0.267 e. The minimum Gasteiger partial charge on any atom is -0.493 e. The molecule has 34 heavy (non-hydrogen) atoms. The zero-order chi connectivity index (χ0) is 23.8. The second-order valence-electron chi connectivity index (χ2n) is 8.14. The summed E-state index contributed by atoms with van der Waals surface area (Å²) < 4.78 is 5.92. The molecule has 4 rings (SSSR count). The number of hydrogen-bond acceptors (Lipinski definition) is 4. The number of ether oxygens (including phenoxy) is 1. The number of amides is 2. The molecule has 0 spiro atoms. The minimum absolute atomic E-state index is 0.228. The second kappa shape index (κ2) is 11.1. The van der Waals surface area contributed by atoms with E-state index in [9.17, 15) is 9.59 Å². The second-order valence-corrected chi connectivity index (χ2v) is 8.14. The highest BCUT2D eigenvalue weighted by Gasteiger charge is 2.22. The third kappa shape index (κ3) is 6.67. The number of hydrogen-bond donors (Lipinski definition) is 3. The summed E-state index contributed by atoms with van der Waals surface area (Å²) in [5, 5.41) is 11.6. The first-order valence-electron chi connectivity index (χ1n) is 11.1. The van der Waals surface area contributed by atoms with E-state index in [0.29, 0.717) is 23.8 Å². The summed E-state index contributed by atoms with van der Waals surface area (Å²) in [4.78, 5) is 24.5. The molecule has 1 aliphatic carbocycles. The van der Waals surface area contributed by atoms with Crippen LogP contribution < -0.4 is 15.5 Å². The highest BCUT2D eigenvalue weighted by molar-refractivity contribution is 6.29. The predicted octanol–water partition coefficient (Wildman–Crippen LogP) is 5.17. The van der Waals surface area contributed by atoms with Crippen LogP contribution in [0.15, 0.2) is 84.9 Å². The molecule has 0 aromatic heterocycles. The summed E-state index contributed by atoms with van der Waals surface area (Å²) in [6.07, 6.45) is 7.06. The highest BCUT2D eigenvalue weighted by Crippen LogP contribution is 2.30. The Morgan fingerprint density at radius 2 is 1.68 bits per heavy atom. The molecule has 0 unspecified atom stereocenters. The number of carbonyl (C=O) groups is 2. The lowest BCUT2D eigenvalue weighted by Gasteiger charge is -2.12.